The molecule has 1 aromatic rings. The molecule has 0 saturated carbocycles. The molecule has 0 aromatic heterocycles. The van der Waals surface area contributed by atoms with Crippen molar-refractivity contribution in [1.29, 1.82) is 0 Å². The first-order valence-electron chi connectivity index (χ1n) is 3.15. The van der Waals surface area contributed by atoms with Crippen LogP contribution in [0.1, 0.15) is 11.1 Å². The predicted molar refractivity (Wildman–Crippen MR) is 53.4 cm³/mol. The summed E-state index contributed by atoms with van der Waals surface area (Å²) < 4.78 is 0.912. The highest BCUT2D eigenvalue weighted by molar-refractivity contribution is 9.10. The Hall–Kier alpha value is 0.280. The van der Waals surface area contributed by atoms with Gasteiger partial charge in [0, 0.05) is 10.4 Å². The van der Waals surface area contributed by atoms with Gasteiger partial charge in [-0.15, -0.1) is 11.6 Å². The molecule has 0 bridgehead atoms. The summed E-state index contributed by atoms with van der Waals surface area (Å²) in [4.78, 5) is 0. The molecule has 0 nitrogen and oxygen atoms in total. The van der Waals surface area contributed by atoms with Gasteiger partial charge in [-0.3, -0.25) is 0 Å². The molecule has 3 heteroatoms. The van der Waals surface area contributed by atoms with E-state index in [4.69, 9.17) is 23.2 Å². The molecular weight excluding hydrogens is 247 g/mol. The fourth-order valence-corrected chi connectivity index (χ4v) is 1.74. The Kier molecular flexibility index (Phi) is 3.23. The van der Waals surface area contributed by atoms with Crippen LogP contribution in [0.5, 0.6) is 0 Å². The van der Waals surface area contributed by atoms with E-state index in [0.717, 1.165) is 20.6 Å². The second-order valence-electron chi connectivity index (χ2n) is 2.34. The molecule has 1 aromatic carbocycles. The third-order valence-corrected chi connectivity index (χ3v) is 3.09. The molecule has 0 fully saturated rings. The molecular formula is C8H7BrCl2. The smallest absolute Gasteiger partial charge is 0.0577 e. The van der Waals surface area contributed by atoms with E-state index in [2.05, 4.69) is 15.9 Å². The van der Waals surface area contributed by atoms with Crippen molar-refractivity contribution in [3.8, 4) is 0 Å². The van der Waals surface area contributed by atoms with E-state index in [1.165, 1.54) is 0 Å². The summed E-state index contributed by atoms with van der Waals surface area (Å²) in [5, 5.41) is 0.763. The number of hydrogen-bond donors (Lipinski definition) is 0. The van der Waals surface area contributed by atoms with E-state index in [1.807, 2.05) is 19.1 Å². The van der Waals surface area contributed by atoms with E-state index in [9.17, 15) is 0 Å². The zero-order valence-electron chi connectivity index (χ0n) is 6.00. The lowest BCUT2D eigenvalue weighted by molar-refractivity contribution is 1.33. The molecule has 0 aliphatic carbocycles. The number of benzene rings is 1. The zero-order chi connectivity index (χ0) is 8.43. The van der Waals surface area contributed by atoms with Crippen LogP contribution in [0, 0.1) is 6.92 Å². The Morgan fingerprint density at radius 3 is 2.55 bits per heavy atom. The van der Waals surface area contributed by atoms with E-state index in [1.54, 1.807) is 0 Å². The number of alkyl halides is 1. The monoisotopic (exact) mass is 252 g/mol. The molecule has 0 heterocycles. The highest BCUT2D eigenvalue weighted by Gasteiger charge is 2.02. The molecule has 0 amide bonds. The molecule has 1 rings (SSSR count). The van der Waals surface area contributed by atoms with E-state index in [-0.39, 0.29) is 0 Å². The molecule has 11 heavy (non-hydrogen) atoms. The lowest BCUT2D eigenvalue weighted by Gasteiger charge is -2.02. The lowest BCUT2D eigenvalue weighted by Crippen LogP contribution is -1.82. The average Bonchev–Trinajstić information content (AvgIpc) is 1.99. The van der Waals surface area contributed by atoms with Crippen molar-refractivity contribution >= 4 is 39.1 Å². The summed E-state index contributed by atoms with van der Waals surface area (Å²) in [6.07, 6.45) is 0. The first-order valence-corrected chi connectivity index (χ1v) is 4.86. The highest BCUT2D eigenvalue weighted by atomic mass is 79.9. The molecule has 0 aliphatic heterocycles. The van der Waals surface area contributed by atoms with Crippen molar-refractivity contribution in [1.82, 2.24) is 0 Å². The minimum atomic E-state index is 0.524. The maximum absolute atomic E-state index is 5.92. The van der Waals surface area contributed by atoms with Gasteiger partial charge in [-0.2, -0.15) is 0 Å². The van der Waals surface area contributed by atoms with Crippen LogP contribution in [0.15, 0.2) is 16.6 Å². The topological polar surface area (TPSA) is 0 Å². The van der Waals surface area contributed by atoms with Gasteiger partial charge in [0.25, 0.3) is 0 Å². The van der Waals surface area contributed by atoms with E-state index >= 15 is 0 Å². The third-order valence-electron chi connectivity index (χ3n) is 1.42. The summed E-state index contributed by atoms with van der Waals surface area (Å²) in [7, 11) is 0. The molecule has 0 atom stereocenters. The van der Waals surface area contributed by atoms with Gasteiger partial charge in [-0.05, 0) is 40.0 Å². The molecule has 0 N–H and O–H groups in total. The zero-order valence-corrected chi connectivity index (χ0v) is 9.09. The number of rotatable bonds is 1. The van der Waals surface area contributed by atoms with Gasteiger partial charge in [0.1, 0.15) is 0 Å². The van der Waals surface area contributed by atoms with Crippen molar-refractivity contribution in [2.24, 2.45) is 0 Å². The standard InChI is InChI=1S/C8H7BrCl2/c1-5-2-6(4-10)3-7(9)8(5)11/h2-3H,4H2,1H3. The van der Waals surface area contributed by atoms with Crippen molar-refractivity contribution in [2.45, 2.75) is 12.8 Å². The maximum Gasteiger partial charge on any atom is 0.0577 e. The van der Waals surface area contributed by atoms with Crippen LogP contribution in [0.4, 0.5) is 0 Å². The predicted octanol–water partition coefficient (Wildman–Crippen LogP) is 4.15. The Labute approximate surface area is 84.6 Å². The summed E-state index contributed by atoms with van der Waals surface area (Å²) in [6.45, 7) is 1.96. The first kappa shape index (κ1) is 9.37. The number of hydrogen-bond acceptors (Lipinski definition) is 0. The molecule has 0 unspecified atom stereocenters. The SMILES string of the molecule is Cc1cc(CCl)cc(Br)c1Cl. The van der Waals surface area contributed by atoms with Crippen LogP contribution in [0.25, 0.3) is 0 Å². The Morgan fingerprint density at radius 2 is 2.09 bits per heavy atom. The van der Waals surface area contributed by atoms with E-state index in [0.29, 0.717) is 5.88 Å². The third kappa shape index (κ3) is 2.11. The minimum absolute atomic E-state index is 0.524. The van der Waals surface area contributed by atoms with E-state index < -0.39 is 0 Å². The summed E-state index contributed by atoms with van der Waals surface area (Å²) in [5.41, 5.74) is 2.14. The van der Waals surface area contributed by atoms with Gasteiger partial charge in [0.15, 0.2) is 0 Å². The Morgan fingerprint density at radius 1 is 1.45 bits per heavy atom. The summed E-state index contributed by atoms with van der Waals surface area (Å²) in [6, 6.07) is 3.92. The van der Waals surface area contributed by atoms with Crippen molar-refractivity contribution in [2.75, 3.05) is 0 Å². The van der Waals surface area contributed by atoms with Crippen LogP contribution in [-0.2, 0) is 5.88 Å². The number of halogens is 3. The molecule has 60 valence electrons. The maximum atomic E-state index is 5.92. The fraction of sp³-hybridized carbons (Fsp3) is 0.250. The molecule has 0 aliphatic rings. The van der Waals surface area contributed by atoms with Crippen molar-refractivity contribution < 1.29 is 0 Å². The van der Waals surface area contributed by atoms with Crippen molar-refractivity contribution in [3.63, 3.8) is 0 Å². The molecule has 0 saturated heterocycles. The minimum Gasteiger partial charge on any atom is -0.122 e. The Balaban J connectivity index is 3.21. The van der Waals surface area contributed by atoms with Gasteiger partial charge in [0.2, 0.25) is 0 Å². The van der Waals surface area contributed by atoms with Gasteiger partial charge < -0.3 is 0 Å². The number of aryl methyl sites for hydroxylation is 1. The Bertz CT molecular complexity index is 248. The fourth-order valence-electron chi connectivity index (χ4n) is 0.875. The second kappa shape index (κ2) is 3.79. The van der Waals surface area contributed by atoms with Crippen LogP contribution in [0.3, 0.4) is 0 Å². The van der Waals surface area contributed by atoms with Gasteiger partial charge in [0.05, 0.1) is 5.02 Å². The molecule has 0 radical (unpaired) electrons. The summed E-state index contributed by atoms with van der Waals surface area (Å²) >= 11 is 14.9. The average molecular weight is 254 g/mol. The van der Waals surface area contributed by atoms with Gasteiger partial charge in [-0.1, -0.05) is 17.7 Å². The lowest BCUT2D eigenvalue weighted by atomic mass is 10.2. The van der Waals surface area contributed by atoms with Crippen LogP contribution in [-0.4, -0.2) is 0 Å². The normalized spacial score (nSPS) is 10.2. The van der Waals surface area contributed by atoms with Gasteiger partial charge >= 0.3 is 0 Å². The van der Waals surface area contributed by atoms with Crippen LogP contribution >= 0.6 is 39.1 Å². The molecule has 0 spiro atoms. The van der Waals surface area contributed by atoms with Crippen LogP contribution in [0.2, 0.25) is 5.02 Å². The quantitative estimate of drug-likeness (QED) is 0.660. The van der Waals surface area contributed by atoms with Crippen molar-refractivity contribution in [3.05, 3.63) is 32.8 Å². The van der Waals surface area contributed by atoms with Crippen LogP contribution < -0.4 is 0 Å². The summed E-state index contributed by atoms with van der Waals surface area (Å²) in [5.74, 6) is 0.524. The second-order valence-corrected chi connectivity index (χ2v) is 3.84. The van der Waals surface area contributed by atoms with Gasteiger partial charge in [-0.25, -0.2) is 0 Å². The first-order chi connectivity index (χ1) is 5.15. The largest absolute Gasteiger partial charge is 0.122 e. The highest BCUT2D eigenvalue weighted by Crippen LogP contribution is 2.27.